The predicted octanol–water partition coefficient (Wildman–Crippen LogP) is 1.00. The van der Waals surface area contributed by atoms with Gasteiger partial charge in [0.1, 0.15) is 18.3 Å². The maximum atomic E-state index is 12.4. The summed E-state index contributed by atoms with van der Waals surface area (Å²) < 4.78 is 24.4. The molecule has 0 fully saturated rings. The minimum Gasteiger partial charge on any atom is -0.388 e. The summed E-state index contributed by atoms with van der Waals surface area (Å²) in [5, 5.41) is 40.7. The predicted molar refractivity (Wildman–Crippen MR) is 102 cm³/mol. The molecule has 0 spiro atoms. The summed E-state index contributed by atoms with van der Waals surface area (Å²) in [7, 11) is -4.26. The monoisotopic (exact) mass is 410 g/mol. The third-order valence-corrected chi connectivity index (χ3v) is 8.14. The van der Waals surface area contributed by atoms with Gasteiger partial charge >= 0.3 is 0 Å². The Morgan fingerprint density at radius 1 is 0.880 bits per heavy atom. The second kappa shape index (κ2) is 10.1. The van der Waals surface area contributed by atoms with E-state index in [0.717, 1.165) is 5.56 Å². The zero-order chi connectivity index (χ0) is 19.2. The molecule has 9 heteroatoms. The van der Waals surface area contributed by atoms with Gasteiger partial charge in [0, 0.05) is 0 Å². The van der Waals surface area contributed by atoms with Crippen LogP contribution in [0.1, 0.15) is 19.4 Å². The van der Waals surface area contributed by atoms with Crippen LogP contribution in [0.25, 0.3) is 0 Å². The number of hydrogen-bond acceptors (Lipinski definition) is 8. The number of thioether (sulfide) groups is 2. The van der Waals surface area contributed by atoms with E-state index in [4.69, 9.17) is 0 Å². The Balaban J connectivity index is 2.95. The van der Waals surface area contributed by atoms with Crippen molar-refractivity contribution in [1.29, 1.82) is 0 Å². The molecule has 4 N–H and O–H groups in total. The minimum absolute atomic E-state index is 0.159. The van der Waals surface area contributed by atoms with Gasteiger partial charge in [-0.25, -0.2) is 8.42 Å². The molecule has 1 rings (SSSR count). The van der Waals surface area contributed by atoms with E-state index in [2.05, 4.69) is 0 Å². The van der Waals surface area contributed by atoms with E-state index in [9.17, 15) is 28.8 Å². The van der Waals surface area contributed by atoms with Gasteiger partial charge in [0.15, 0.2) is 5.44 Å². The lowest BCUT2D eigenvalue weighted by Crippen LogP contribution is -2.50. The van der Waals surface area contributed by atoms with E-state index in [1.54, 1.807) is 19.1 Å². The van der Waals surface area contributed by atoms with Crippen molar-refractivity contribution >= 4 is 33.4 Å². The molecular formula is C16H26O6S3. The van der Waals surface area contributed by atoms with E-state index in [0.29, 0.717) is 11.5 Å². The van der Waals surface area contributed by atoms with Gasteiger partial charge in [-0.2, -0.15) is 0 Å². The molecule has 144 valence electrons. The largest absolute Gasteiger partial charge is 0.388 e. The Morgan fingerprint density at radius 2 is 1.36 bits per heavy atom. The summed E-state index contributed by atoms with van der Waals surface area (Å²) in [5.74, 6) is 1.36. The molecule has 0 radical (unpaired) electrons. The van der Waals surface area contributed by atoms with Crippen molar-refractivity contribution in [3.63, 3.8) is 0 Å². The lowest BCUT2D eigenvalue weighted by molar-refractivity contribution is -0.0805. The fourth-order valence-corrected chi connectivity index (χ4v) is 6.05. The van der Waals surface area contributed by atoms with Crippen molar-refractivity contribution in [3.05, 3.63) is 29.8 Å². The van der Waals surface area contributed by atoms with Crippen molar-refractivity contribution in [3.8, 4) is 0 Å². The number of aryl methyl sites for hydroxylation is 1. The van der Waals surface area contributed by atoms with Crippen LogP contribution in [0.15, 0.2) is 29.2 Å². The van der Waals surface area contributed by atoms with Gasteiger partial charge in [-0.15, -0.1) is 23.5 Å². The maximum Gasteiger partial charge on any atom is 0.207 e. The van der Waals surface area contributed by atoms with Crippen LogP contribution in [-0.4, -0.2) is 68.7 Å². The number of rotatable bonds is 10. The quantitative estimate of drug-likeness (QED) is 0.422. The SMILES string of the molecule is CCSC(SCC)[C@H](O)[C@@H](O)[C@@H](O)C(O)S(=O)(=O)c1ccc(C)cc1. The topological polar surface area (TPSA) is 115 Å². The first kappa shape index (κ1) is 22.8. The molecular weight excluding hydrogens is 384 g/mol. The lowest BCUT2D eigenvalue weighted by Gasteiger charge is -2.30. The van der Waals surface area contributed by atoms with Crippen LogP contribution in [-0.2, 0) is 9.84 Å². The fraction of sp³-hybridized carbons (Fsp3) is 0.625. The summed E-state index contributed by atoms with van der Waals surface area (Å²) in [6.07, 6.45) is -5.20. The summed E-state index contributed by atoms with van der Waals surface area (Å²) in [5.41, 5.74) is -1.39. The van der Waals surface area contributed by atoms with Crippen LogP contribution in [0.2, 0.25) is 0 Å². The number of sulfone groups is 1. The van der Waals surface area contributed by atoms with Crippen LogP contribution >= 0.6 is 23.5 Å². The first-order valence-corrected chi connectivity index (χ1v) is 11.6. The van der Waals surface area contributed by atoms with Crippen molar-refractivity contribution in [2.45, 2.75) is 54.0 Å². The second-order valence-electron chi connectivity index (χ2n) is 5.50. The molecule has 6 nitrogen and oxygen atoms in total. The number of benzene rings is 1. The van der Waals surface area contributed by atoms with E-state index in [-0.39, 0.29) is 4.90 Å². The highest BCUT2D eigenvalue weighted by Gasteiger charge is 2.41. The Morgan fingerprint density at radius 3 is 1.80 bits per heavy atom. The van der Waals surface area contributed by atoms with Gasteiger partial charge in [-0.3, -0.25) is 0 Å². The highest BCUT2D eigenvalue weighted by molar-refractivity contribution is 8.17. The lowest BCUT2D eigenvalue weighted by atomic mass is 10.1. The van der Waals surface area contributed by atoms with Crippen LogP contribution < -0.4 is 0 Å². The van der Waals surface area contributed by atoms with Gasteiger partial charge in [0.2, 0.25) is 9.84 Å². The Labute approximate surface area is 157 Å². The Kier molecular flexibility index (Phi) is 9.24. The molecule has 1 unspecified atom stereocenters. The summed E-state index contributed by atoms with van der Waals surface area (Å²) in [6.45, 7) is 5.57. The van der Waals surface area contributed by atoms with Gasteiger partial charge in [-0.05, 0) is 30.6 Å². The minimum atomic E-state index is -4.26. The molecule has 0 heterocycles. The molecule has 0 saturated heterocycles. The maximum absolute atomic E-state index is 12.4. The van der Waals surface area contributed by atoms with Crippen molar-refractivity contribution < 1.29 is 28.8 Å². The zero-order valence-corrected chi connectivity index (χ0v) is 16.9. The normalized spacial score (nSPS) is 17.3. The third-order valence-electron chi connectivity index (χ3n) is 3.60. The van der Waals surface area contributed by atoms with E-state index >= 15 is 0 Å². The van der Waals surface area contributed by atoms with E-state index in [1.165, 1.54) is 35.7 Å². The van der Waals surface area contributed by atoms with Crippen LogP contribution in [0.4, 0.5) is 0 Å². The van der Waals surface area contributed by atoms with Crippen molar-refractivity contribution in [1.82, 2.24) is 0 Å². The second-order valence-corrected chi connectivity index (χ2v) is 10.7. The Hall–Kier alpha value is -0.290. The highest BCUT2D eigenvalue weighted by atomic mass is 32.2. The summed E-state index contributed by atoms with van der Waals surface area (Å²) in [6, 6.07) is 5.80. The summed E-state index contributed by atoms with van der Waals surface area (Å²) >= 11 is 2.77. The van der Waals surface area contributed by atoms with E-state index < -0.39 is 38.2 Å². The molecule has 0 bridgehead atoms. The molecule has 0 aliphatic rings. The van der Waals surface area contributed by atoms with Crippen molar-refractivity contribution in [2.75, 3.05) is 11.5 Å². The molecule has 0 aliphatic carbocycles. The fourth-order valence-electron chi connectivity index (χ4n) is 2.16. The van der Waals surface area contributed by atoms with Crippen LogP contribution in [0.3, 0.4) is 0 Å². The van der Waals surface area contributed by atoms with Gasteiger partial charge in [0.25, 0.3) is 0 Å². The average molecular weight is 411 g/mol. The molecule has 1 aromatic rings. The van der Waals surface area contributed by atoms with Gasteiger partial charge in [-0.1, -0.05) is 31.5 Å². The molecule has 1 aromatic carbocycles. The molecule has 25 heavy (non-hydrogen) atoms. The van der Waals surface area contributed by atoms with Gasteiger partial charge < -0.3 is 20.4 Å². The first-order valence-electron chi connectivity index (χ1n) is 7.92. The Bertz CT molecular complexity index is 613. The number of hydrogen-bond donors (Lipinski definition) is 4. The zero-order valence-electron chi connectivity index (χ0n) is 14.4. The smallest absolute Gasteiger partial charge is 0.207 e. The molecule has 4 atom stereocenters. The molecule has 0 saturated carbocycles. The van der Waals surface area contributed by atoms with Crippen molar-refractivity contribution in [2.24, 2.45) is 0 Å². The highest BCUT2D eigenvalue weighted by Crippen LogP contribution is 2.30. The van der Waals surface area contributed by atoms with Crippen LogP contribution in [0, 0.1) is 6.92 Å². The standard InChI is InChI=1S/C16H26O6S3/c1-4-23-16(24-5-2)14(19)12(17)13(18)15(20)25(21,22)11-8-6-10(3)7-9-11/h6-9,12-20H,4-5H2,1-3H3/t12-,13+,14+,15?/m0/s1. The molecule has 0 aromatic heterocycles. The molecule has 0 aliphatic heterocycles. The number of aliphatic hydroxyl groups is 4. The first-order chi connectivity index (χ1) is 11.7. The van der Waals surface area contributed by atoms with Gasteiger partial charge in [0.05, 0.1) is 9.48 Å². The average Bonchev–Trinajstić information content (AvgIpc) is 2.59. The number of aliphatic hydroxyl groups excluding tert-OH is 4. The summed E-state index contributed by atoms with van der Waals surface area (Å²) in [4.78, 5) is -0.159. The molecule has 0 amide bonds. The third kappa shape index (κ3) is 5.85. The van der Waals surface area contributed by atoms with Crippen LogP contribution in [0.5, 0.6) is 0 Å². The van der Waals surface area contributed by atoms with E-state index in [1.807, 2.05) is 13.8 Å².